The van der Waals surface area contributed by atoms with E-state index in [1.165, 1.54) is 10.4 Å². The summed E-state index contributed by atoms with van der Waals surface area (Å²) in [5.74, 6) is -0.518. The Hall–Kier alpha value is -2.45. The van der Waals surface area contributed by atoms with Crippen molar-refractivity contribution in [3.63, 3.8) is 0 Å². The second-order valence-corrected chi connectivity index (χ2v) is 10.3. The molecule has 2 N–H and O–H groups in total. The summed E-state index contributed by atoms with van der Waals surface area (Å²) in [7, 11) is -3.65. The Kier molecular flexibility index (Phi) is 5.32. The highest BCUT2D eigenvalue weighted by molar-refractivity contribution is 7.89. The molecule has 2 aromatic rings. The third kappa shape index (κ3) is 3.81. The Morgan fingerprint density at radius 3 is 2.50 bits per heavy atom. The number of carbonyl (C=O) groups is 1. The van der Waals surface area contributed by atoms with Gasteiger partial charge < -0.3 is 10.4 Å². The summed E-state index contributed by atoms with van der Waals surface area (Å²) in [5, 5.41) is 10.8. The van der Waals surface area contributed by atoms with Crippen molar-refractivity contribution in [3.05, 3.63) is 71.0 Å². The maximum atomic E-state index is 14.9. The van der Waals surface area contributed by atoms with Crippen LogP contribution in [-0.4, -0.2) is 30.0 Å². The van der Waals surface area contributed by atoms with Crippen molar-refractivity contribution in [3.8, 4) is 0 Å². The highest BCUT2D eigenvalue weighted by atomic mass is 32.2. The maximum absolute atomic E-state index is 14.9. The molecule has 1 heterocycles. The molecule has 1 saturated heterocycles. The molecule has 1 aliphatic carbocycles. The Bertz CT molecular complexity index is 1050. The van der Waals surface area contributed by atoms with E-state index in [1.807, 2.05) is 37.3 Å². The molecule has 0 aromatic heterocycles. The lowest BCUT2D eigenvalue weighted by Crippen LogP contribution is -2.44. The van der Waals surface area contributed by atoms with Crippen molar-refractivity contribution in [2.75, 3.05) is 0 Å². The number of hydrogen-bond acceptors (Lipinski definition) is 3. The highest BCUT2D eigenvalue weighted by Gasteiger charge is 2.46. The summed E-state index contributed by atoms with van der Waals surface area (Å²) >= 11 is 0. The van der Waals surface area contributed by atoms with Gasteiger partial charge in [-0.25, -0.2) is 17.6 Å². The topological polar surface area (TPSA) is 86.7 Å². The molecule has 8 heteroatoms. The van der Waals surface area contributed by atoms with Crippen LogP contribution < -0.4 is 5.32 Å². The molecule has 2 atom stereocenters. The first-order chi connectivity index (χ1) is 14.2. The van der Waals surface area contributed by atoms with Gasteiger partial charge in [-0.1, -0.05) is 42.5 Å². The van der Waals surface area contributed by atoms with E-state index in [-0.39, 0.29) is 18.2 Å². The molecule has 0 unspecified atom stereocenters. The first-order valence-electron chi connectivity index (χ1n) is 10.1. The molecule has 1 amide bonds. The van der Waals surface area contributed by atoms with Gasteiger partial charge in [0.15, 0.2) is 0 Å². The fraction of sp³-hybridized carbons (Fsp3) is 0.409. The number of amides is 1. The van der Waals surface area contributed by atoms with E-state index >= 15 is 0 Å². The summed E-state index contributed by atoms with van der Waals surface area (Å²) in [6, 6.07) is 13.5. The summed E-state index contributed by atoms with van der Waals surface area (Å²) in [6.07, 6.45) is 1.33. The zero-order valence-corrected chi connectivity index (χ0v) is 17.5. The molecule has 2 aromatic carbocycles. The van der Waals surface area contributed by atoms with Crippen molar-refractivity contribution in [1.29, 1.82) is 0 Å². The summed E-state index contributed by atoms with van der Waals surface area (Å²) in [6.45, 7) is 1.80. The minimum absolute atomic E-state index is 0.0433. The molecule has 0 bridgehead atoms. The molecule has 6 nitrogen and oxygen atoms in total. The third-order valence-corrected chi connectivity index (χ3v) is 8.59. The summed E-state index contributed by atoms with van der Waals surface area (Å²) in [5.41, 5.74) is 0.881. The average molecular weight is 433 g/mol. The lowest BCUT2D eigenvalue weighted by Gasteiger charge is -2.37. The van der Waals surface area contributed by atoms with E-state index in [1.54, 1.807) is 12.1 Å². The molecule has 4 rings (SSSR count). The molecule has 2 fully saturated rings. The number of nitrogens with one attached hydrogen (secondary N) is 1. The molecule has 160 valence electrons. The lowest BCUT2D eigenvalue weighted by molar-refractivity contribution is 0.188. The molecular formula is C22H25FN2O4S. The van der Waals surface area contributed by atoms with Crippen LogP contribution in [0.2, 0.25) is 0 Å². The van der Waals surface area contributed by atoms with Crippen molar-refractivity contribution in [2.45, 2.75) is 56.0 Å². The van der Waals surface area contributed by atoms with Crippen molar-refractivity contribution < 1.29 is 22.7 Å². The van der Waals surface area contributed by atoms with Gasteiger partial charge >= 0.3 is 6.09 Å². The molecule has 0 radical (unpaired) electrons. The van der Waals surface area contributed by atoms with E-state index in [9.17, 15) is 17.6 Å². The standard InChI is InChI=1S/C22H25FN2O4S/c1-15-7-10-20(16-5-3-2-4-6-16)30(28,29)25(15)14-17-8-9-18(13-19(17)23)22(11-12-22)24-21(26)27/h2-6,8-9,13,15,20,24H,7,10-12,14H2,1H3,(H,26,27)/t15-,20+/m0/s1. The Morgan fingerprint density at radius 1 is 1.20 bits per heavy atom. The second kappa shape index (κ2) is 7.67. The zero-order chi connectivity index (χ0) is 21.5. The first-order valence-corrected chi connectivity index (χ1v) is 11.6. The molecule has 0 spiro atoms. The molecule has 1 aliphatic heterocycles. The van der Waals surface area contributed by atoms with E-state index in [0.29, 0.717) is 31.2 Å². The molecule has 1 saturated carbocycles. The number of halogens is 1. The number of benzene rings is 2. The van der Waals surface area contributed by atoms with Gasteiger partial charge in [0.05, 0.1) is 5.54 Å². The Balaban J connectivity index is 1.59. The van der Waals surface area contributed by atoms with Gasteiger partial charge in [-0.3, -0.25) is 0 Å². The van der Waals surface area contributed by atoms with E-state index in [4.69, 9.17) is 5.11 Å². The van der Waals surface area contributed by atoms with E-state index < -0.39 is 32.7 Å². The second-order valence-electron chi connectivity index (χ2n) is 8.23. The van der Waals surface area contributed by atoms with Crippen LogP contribution in [0.1, 0.15) is 54.5 Å². The van der Waals surface area contributed by atoms with Gasteiger partial charge in [0, 0.05) is 18.2 Å². The number of rotatable bonds is 5. The first kappa shape index (κ1) is 20.8. The summed E-state index contributed by atoms with van der Waals surface area (Å²) < 4.78 is 43.0. The van der Waals surface area contributed by atoms with Crippen LogP contribution in [0, 0.1) is 5.82 Å². The van der Waals surface area contributed by atoms with Gasteiger partial charge in [-0.05, 0) is 49.8 Å². The molecular weight excluding hydrogens is 407 g/mol. The molecule has 2 aliphatic rings. The quantitative estimate of drug-likeness (QED) is 0.744. The van der Waals surface area contributed by atoms with Gasteiger partial charge in [0.1, 0.15) is 11.1 Å². The minimum Gasteiger partial charge on any atom is -0.465 e. The van der Waals surface area contributed by atoms with Crippen LogP contribution >= 0.6 is 0 Å². The smallest absolute Gasteiger partial charge is 0.405 e. The number of nitrogens with zero attached hydrogens (tertiary/aromatic N) is 1. The van der Waals surface area contributed by atoms with Gasteiger partial charge in [0.25, 0.3) is 0 Å². The minimum atomic E-state index is -3.65. The predicted molar refractivity (Wildman–Crippen MR) is 111 cm³/mol. The number of carboxylic acid groups (broad SMARTS) is 1. The van der Waals surface area contributed by atoms with Crippen LogP contribution in [0.25, 0.3) is 0 Å². The van der Waals surface area contributed by atoms with Gasteiger partial charge in [-0.2, -0.15) is 4.31 Å². The molecule has 30 heavy (non-hydrogen) atoms. The highest BCUT2D eigenvalue weighted by Crippen LogP contribution is 2.46. The largest absolute Gasteiger partial charge is 0.465 e. The van der Waals surface area contributed by atoms with Crippen LogP contribution in [0.15, 0.2) is 48.5 Å². The van der Waals surface area contributed by atoms with Crippen LogP contribution in [-0.2, 0) is 22.1 Å². The fourth-order valence-corrected chi connectivity index (χ4v) is 6.50. The average Bonchev–Trinajstić information content (AvgIpc) is 3.46. The number of sulfonamides is 1. The van der Waals surface area contributed by atoms with Crippen molar-refractivity contribution in [1.82, 2.24) is 9.62 Å². The summed E-state index contributed by atoms with van der Waals surface area (Å²) in [4.78, 5) is 11.0. The third-order valence-electron chi connectivity index (χ3n) is 6.22. The Morgan fingerprint density at radius 2 is 1.90 bits per heavy atom. The zero-order valence-electron chi connectivity index (χ0n) is 16.7. The normalized spacial score (nSPS) is 24.9. The lowest BCUT2D eigenvalue weighted by atomic mass is 10.0. The Labute approximate surface area is 175 Å². The van der Waals surface area contributed by atoms with Crippen molar-refractivity contribution in [2.24, 2.45) is 0 Å². The van der Waals surface area contributed by atoms with Crippen molar-refractivity contribution >= 4 is 16.1 Å². The SMILES string of the molecule is C[C@H]1CC[C@H](c2ccccc2)S(=O)(=O)N1Cc1ccc(C2(NC(=O)O)CC2)cc1F. The van der Waals surface area contributed by atoms with Gasteiger partial charge in [0.2, 0.25) is 10.0 Å². The van der Waals surface area contributed by atoms with E-state index in [0.717, 1.165) is 5.56 Å². The predicted octanol–water partition coefficient (Wildman–Crippen LogP) is 4.14. The van der Waals surface area contributed by atoms with Gasteiger partial charge in [-0.15, -0.1) is 0 Å². The van der Waals surface area contributed by atoms with Crippen LogP contribution in [0.3, 0.4) is 0 Å². The monoisotopic (exact) mass is 432 g/mol. The number of hydrogen-bond donors (Lipinski definition) is 2. The van der Waals surface area contributed by atoms with Crippen LogP contribution in [0.4, 0.5) is 9.18 Å². The maximum Gasteiger partial charge on any atom is 0.405 e. The fourth-order valence-electron chi connectivity index (χ4n) is 4.31. The van der Waals surface area contributed by atoms with E-state index in [2.05, 4.69) is 5.32 Å². The van der Waals surface area contributed by atoms with Crippen LogP contribution in [0.5, 0.6) is 0 Å².